The van der Waals surface area contributed by atoms with Gasteiger partial charge in [-0.05, 0) is 39.8 Å². The van der Waals surface area contributed by atoms with Gasteiger partial charge in [-0.25, -0.2) is 4.98 Å². The molecule has 2 rings (SSSR count). The molecule has 0 spiro atoms. The number of benzene rings is 1. The summed E-state index contributed by atoms with van der Waals surface area (Å²) in [5.41, 5.74) is 3.08. The molecule has 0 saturated heterocycles. The second kappa shape index (κ2) is 7.49. The summed E-state index contributed by atoms with van der Waals surface area (Å²) in [5.74, 6) is 2.61. The molecule has 0 atom stereocenters. The van der Waals surface area contributed by atoms with Gasteiger partial charge in [0.1, 0.15) is 5.76 Å². The minimum atomic E-state index is 0.0555. The summed E-state index contributed by atoms with van der Waals surface area (Å²) in [4.78, 5) is 16.2. The number of rotatable bonds is 6. The lowest BCUT2D eigenvalue weighted by Gasteiger charge is -2.07. The molecule has 5 heteroatoms. The van der Waals surface area contributed by atoms with E-state index < -0.39 is 0 Å². The smallest absolute Gasteiger partial charge is 0.230 e. The van der Waals surface area contributed by atoms with Crippen molar-refractivity contribution in [2.75, 3.05) is 5.75 Å². The van der Waals surface area contributed by atoms with Crippen molar-refractivity contribution in [1.29, 1.82) is 0 Å². The van der Waals surface area contributed by atoms with E-state index in [-0.39, 0.29) is 11.9 Å². The molecule has 0 unspecified atom stereocenters. The van der Waals surface area contributed by atoms with Crippen molar-refractivity contribution in [2.24, 2.45) is 0 Å². The van der Waals surface area contributed by atoms with E-state index >= 15 is 0 Å². The standard InChI is InChI=1S/C17H22N2O2S/c1-11(2)18-16(20)10-22-9-15-13(4)21-17(19-15)14-7-5-12(3)6-8-14/h5-8,11H,9-10H2,1-4H3,(H,18,20). The van der Waals surface area contributed by atoms with Crippen LogP contribution in [0.5, 0.6) is 0 Å². The monoisotopic (exact) mass is 318 g/mol. The summed E-state index contributed by atoms with van der Waals surface area (Å²) in [7, 11) is 0. The Balaban J connectivity index is 1.95. The molecule has 4 nitrogen and oxygen atoms in total. The first-order chi connectivity index (χ1) is 10.5. The van der Waals surface area contributed by atoms with Gasteiger partial charge in [-0.15, -0.1) is 11.8 Å². The lowest BCUT2D eigenvalue weighted by Crippen LogP contribution is -2.31. The maximum Gasteiger partial charge on any atom is 0.230 e. The van der Waals surface area contributed by atoms with Crippen LogP contribution in [-0.2, 0) is 10.5 Å². The summed E-state index contributed by atoms with van der Waals surface area (Å²) in [6, 6.07) is 8.27. The Hall–Kier alpha value is -1.75. The van der Waals surface area contributed by atoms with Gasteiger partial charge in [-0.1, -0.05) is 17.7 Å². The highest BCUT2D eigenvalue weighted by Gasteiger charge is 2.12. The third-order valence-corrected chi connectivity index (χ3v) is 4.06. The largest absolute Gasteiger partial charge is 0.441 e. The molecule has 118 valence electrons. The average Bonchev–Trinajstić information content (AvgIpc) is 2.80. The van der Waals surface area contributed by atoms with E-state index in [1.54, 1.807) is 11.8 Å². The number of nitrogens with zero attached hydrogens (tertiary/aromatic N) is 1. The fraction of sp³-hybridized carbons (Fsp3) is 0.412. The van der Waals surface area contributed by atoms with E-state index in [0.29, 0.717) is 17.4 Å². The Kier molecular flexibility index (Phi) is 5.66. The van der Waals surface area contributed by atoms with Gasteiger partial charge < -0.3 is 9.73 Å². The third-order valence-electron chi connectivity index (χ3n) is 3.11. The van der Waals surface area contributed by atoms with Gasteiger partial charge in [0.15, 0.2) is 0 Å². The van der Waals surface area contributed by atoms with Crippen LogP contribution in [0.25, 0.3) is 11.5 Å². The van der Waals surface area contributed by atoms with E-state index in [4.69, 9.17) is 4.42 Å². The zero-order chi connectivity index (χ0) is 16.1. The van der Waals surface area contributed by atoms with Gasteiger partial charge in [0, 0.05) is 17.4 Å². The summed E-state index contributed by atoms with van der Waals surface area (Å²) in [5, 5.41) is 2.88. The molecular weight excluding hydrogens is 296 g/mol. The number of aryl methyl sites for hydroxylation is 2. The van der Waals surface area contributed by atoms with Gasteiger partial charge in [0.2, 0.25) is 11.8 Å². The highest BCUT2D eigenvalue weighted by atomic mass is 32.2. The maximum absolute atomic E-state index is 11.6. The van der Waals surface area contributed by atoms with E-state index in [9.17, 15) is 4.79 Å². The Morgan fingerprint density at radius 3 is 2.59 bits per heavy atom. The molecule has 1 heterocycles. The first-order valence-electron chi connectivity index (χ1n) is 7.36. The Labute approximate surface area is 135 Å². The van der Waals surface area contributed by atoms with Crippen LogP contribution >= 0.6 is 11.8 Å². The first kappa shape index (κ1) is 16.6. The number of carbonyl (C=O) groups excluding carboxylic acids is 1. The molecule has 1 aromatic heterocycles. The Morgan fingerprint density at radius 1 is 1.27 bits per heavy atom. The first-order valence-corrected chi connectivity index (χ1v) is 8.51. The molecule has 0 bridgehead atoms. The van der Waals surface area contributed by atoms with E-state index in [1.165, 1.54) is 5.56 Å². The predicted molar refractivity (Wildman–Crippen MR) is 90.9 cm³/mol. The summed E-state index contributed by atoms with van der Waals surface area (Å²) < 4.78 is 5.74. The molecule has 0 fully saturated rings. The van der Waals surface area contributed by atoms with Crippen LogP contribution in [0, 0.1) is 13.8 Å². The molecule has 0 aliphatic rings. The quantitative estimate of drug-likeness (QED) is 0.882. The van der Waals surface area contributed by atoms with E-state index in [0.717, 1.165) is 17.0 Å². The highest BCUT2D eigenvalue weighted by molar-refractivity contribution is 7.99. The highest BCUT2D eigenvalue weighted by Crippen LogP contribution is 2.24. The van der Waals surface area contributed by atoms with Crippen LogP contribution < -0.4 is 5.32 Å². The average molecular weight is 318 g/mol. The van der Waals surface area contributed by atoms with Gasteiger partial charge in [-0.3, -0.25) is 4.79 Å². The number of thioether (sulfide) groups is 1. The van der Waals surface area contributed by atoms with Gasteiger partial charge in [0.05, 0.1) is 11.4 Å². The van der Waals surface area contributed by atoms with Crippen molar-refractivity contribution in [3.05, 3.63) is 41.3 Å². The number of aromatic nitrogens is 1. The molecule has 0 saturated carbocycles. The van der Waals surface area contributed by atoms with E-state index in [2.05, 4.69) is 17.2 Å². The van der Waals surface area contributed by atoms with Crippen molar-refractivity contribution >= 4 is 17.7 Å². The number of carbonyl (C=O) groups is 1. The molecule has 0 radical (unpaired) electrons. The molecule has 22 heavy (non-hydrogen) atoms. The third kappa shape index (κ3) is 4.63. The molecule has 1 amide bonds. The molecule has 0 aliphatic heterocycles. The topological polar surface area (TPSA) is 55.1 Å². The zero-order valence-electron chi connectivity index (χ0n) is 13.5. The van der Waals surface area contributed by atoms with Crippen LogP contribution in [-0.4, -0.2) is 22.7 Å². The van der Waals surface area contributed by atoms with Crippen LogP contribution in [0.15, 0.2) is 28.7 Å². The van der Waals surface area contributed by atoms with Crippen molar-refractivity contribution in [3.63, 3.8) is 0 Å². The van der Waals surface area contributed by atoms with Gasteiger partial charge >= 0.3 is 0 Å². The molecule has 0 aliphatic carbocycles. The van der Waals surface area contributed by atoms with Crippen LogP contribution in [0.4, 0.5) is 0 Å². The number of hydrogen-bond acceptors (Lipinski definition) is 4. The minimum absolute atomic E-state index is 0.0555. The fourth-order valence-corrected chi connectivity index (χ4v) is 2.82. The summed E-state index contributed by atoms with van der Waals surface area (Å²) >= 11 is 1.55. The summed E-state index contributed by atoms with van der Waals surface area (Å²) in [6.07, 6.45) is 0. The van der Waals surface area contributed by atoms with Crippen molar-refractivity contribution in [2.45, 2.75) is 39.5 Å². The maximum atomic E-state index is 11.6. The number of oxazole rings is 1. The Bertz CT molecular complexity index is 633. The van der Waals surface area contributed by atoms with Crippen LogP contribution in [0.2, 0.25) is 0 Å². The normalized spacial score (nSPS) is 11.0. The molecular formula is C17H22N2O2S. The van der Waals surface area contributed by atoms with Gasteiger partial charge in [-0.2, -0.15) is 0 Å². The SMILES string of the molecule is Cc1ccc(-c2nc(CSCC(=O)NC(C)C)c(C)o2)cc1. The van der Waals surface area contributed by atoms with Crippen molar-refractivity contribution < 1.29 is 9.21 Å². The molecule has 1 aromatic carbocycles. The zero-order valence-corrected chi connectivity index (χ0v) is 14.3. The lowest BCUT2D eigenvalue weighted by molar-refractivity contribution is -0.119. The number of hydrogen-bond donors (Lipinski definition) is 1. The van der Waals surface area contributed by atoms with Crippen LogP contribution in [0.3, 0.4) is 0 Å². The van der Waals surface area contributed by atoms with Gasteiger partial charge in [0.25, 0.3) is 0 Å². The molecule has 1 N–H and O–H groups in total. The number of amides is 1. The van der Waals surface area contributed by atoms with Crippen molar-refractivity contribution in [3.8, 4) is 11.5 Å². The second-order valence-electron chi connectivity index (χ2n) is 5.60. The van der Waals surface area contributed by atoms with Crippen molar-refractivity contribution in [1.82, 2.24) is 10.3 Å². The fourth-order valence-electron chi connectivity index (χ4n) is 1.99. The summed E-state index contributed by atoms with van der Waals surface area (Å²) in [6.45, 7) is 7.88. The van der Waals surface area contributed by atoms with E-state index in [1.807, 2.05) is 45.0 Å². The predicted octanol–water partition coefficient (Wildman–Crippen LogP) is 3.72. The Morgan fingerprint density at radius 2 is 1.95 bits per heavy atom. The van der Waals surface area contributed by atoms with Crippen LogP contribution in [0.1, 0.15) is 30.9 Å². The second-order valence-corrected chi connectivity index (χ2v) is 6.59. The minimum Gasteiger partial charge on any atom is -0.441 e. The number of nitrogens with one attached hydrogen (secondary N) is 1. The molecule has 2 aromatic rings. The lowest BCUT2D eigenvalue weighted by atomic mass is 10.1.